The molecule has 1 aromatic carbocycles. The summed E-state index contributed by atoms with van der Waals surface area (Å²) in [6.07, 6.45) is 0.944. The molecule has 7 heteroatoms. The van der Waals surface area contributed by atoms with Crippen LogP contribution in [0.25, 0.3) is 0 Å². The van der Waals surface area contributed by atoms with Crippen molar-refractivity contribution < 1.29 is 18.0 Å². The number of Topliss-reactive ketones (excluding diaryl/α,β-unsaturated/α-hetero) is 1. The van der Waals surface area contributed by atoms with Crippen LogP contribution in [0.5, 0.6) is 0 Å². The molecule has 1 heterocycles. The van der Waals surface area contributed by atoms with Crippen molar-refractivity contribution in [3.63, 3.8) is 0 Å². The summed E-state index contributed by atoms with van der Waals surface area (Å²) in [6, 6.07) is 6.00. The van der Waals surface area contributed by atoms with Crippen molar-refractivity contribution >= 4 is 21.7 Å². The summed E-state index contributed by atoms with van der Waals surface area (Å²) in [7, 11) is -3.58. The first-order chi connectivity index (χ1) is 11.3. The smallest absolute Gasteiger partial charge is 0.243 e. The summed E-state index contributed by atoms with van der Waals surface area (Å²) < 4.78 is 26.8. The second kappa shape index (κ2) is 6.29. The summed E-state index contributed by atoms with van der Waals surface area (Å²) in [6.45, 7) is 5.00. The molecule has 0 unspecified atom stereocenters. The van der Waals surface area contributed by atoms with E-state index in [1.807, 2.05) is 0 Å². The molecule has 1 amide bonds. The van der Waals surface area contributed by atoms with E-state index < -0.39 is 10.0 Å². The number of sulfonamides is 1. The minimum absolute atomic E-state index is 0.0969. The summed E-state index contributed by atoms with van der Waals surface area (Å²) >= 11 is 0. The molecule has 0 spiro atoms. The lowest BCUT2D eigenvalue weighted by Crippen LogP contribution is -2.51. The molecule has 130 valence electrons. The van der Waals surface area contributed by atoms with E-state index in [2.05, 4.69) is 6.92 Å². The Kier molecular flexibility index (Phi) is 4.48. The number of hydrogen-bond donors (Lipinski definition) is 0. The first-order valence-corrected chi connectivity index (χ1v) is 9.64. The molecule has 2 fully saturated rings. The third kappa shape index (κ3) is 3.23. The normalized spacial score (nSPS) is 24.7. The van der Waals surface area contributed by atoms with Crippen molar-refractivity contribution in [2.45, 2.75) is 25.2 Å². The highest BCUT2D eigenvalue weighted by Gasteiger charge is 2.42. The molecule has 1 aliphatic heterocycles. The van der Waals surface area contributed by atoms with Crippen LogP contribution in [0.15, 0.2) is 29.2 Å². The molecule has 1 aliphatic carbocycles. The Hall–Kier alpha value is -1.73. The Morgan fingerprint density at radius 1 is 1.04 bits per heavy atom. The van der Waals surface area contributed by atoms with Gasteiger partial charge < -0.3 is 4.90 Å². The fraction of sp³-hybridized carbons (Fsp3) is 0.529. The minimum Gasteiger partial charge on any atom is -0.340 e. The van der Waals surface area contributed by atoms with Crippen LogP contribution >= 0.6 is 0 Å². The highest BCUT2D eigenvalue weighted by atomic mass is 32.2. The molecule has 1 saturated heterocycles. The summed E-state index contributed by atoms with van der Waals surface area (Å²) in [5.41, 5.74) is 0.489. The summed E-state index contributed by atoms with van der Waals surface area (Å²) in [4.78, 5) is 25.5. The second-order valence-electron chi connectivity index (χ2n) is 6.63. The number of hydrogen-bond acceptors (Lipinski definition) is 4. The largest absolute Gasteiger partial charge is 0.340 e. The van der Waals surface area contributed by atoms with Crippen LogP contribution < -0.4 is 0 Å². The molecule has 0 radical (unpaired) electrons. The zero-order valence-corrected chi connectivity index (χ0v) is 14.8. The molecule has 3 rings (SSSR count). The van der Waals surface area contributed by atoms with Gasteiger partial charge in [0.05, 0.1) is 4.90 Å². The molecule has 1 aromatic rings. The predicted octanol–water partition coefficient (Wildman–Crippen LogP) is 1.38. The predicted molar refractivity (Wildman–Crippen MR) is 89.1 cm³/mol. The van der Waals surface area contributed by atoms with Crippen molar-refractivity contribution in [1.82, 2.24) is 9.21 Å². The van der Waals surface area contributed by atoms with E-state index in [0.717, 1.165) is 6.42 Å². The van der Waals surface area contributed by atoms with E-state index in [4.69, 9.17) is 0 Å². The first-order valence-electron chi connectivity index (χ1n) is 8.20. The minimum atomic E-state index is -3.58. The van der Waals surface area contributed by atoms with Gasteiger partial charge in [-0.05, 0) is 31.4 Å². The van der Waals surface area contributed by atoms with Gasteiger partial charge in [-0.25, -0.2) is 8.42 Å². The van der Waals surface area contributed by atoms with Gasteiger partial charge in [0, 0.05) is 37.7 Å². The number of ketones is 1. The van der Waals surface area contributed by atoms with E-state index in [-0.39, 0.29) is 22.5 Å². The van der Waals surface area contributed by atoms with Crippen LogP contribution in [0.2, 0.25) is 0 Å². The number of carbonyl (C=O) groups is 2. The Morgan fingerprint density at radius 2 is 1.58 bits per heavy atom. The third-order valence-electron chi connectivity index (χ3n) is 4.88. The van der Waals surface area contributed by atoms with E-state index in [0.29, 0.717) is 37.7 Å². The maximum absolute atomic E-state index is 12.7. The average molecular weight is 350 g/mol. The van der Waals surface area contributed by atoms with Crippen molar-refractivity contribution in [3.8, 4) is 0 Å². The number of amides is 1. The van der Waals surface area contributed by atoms with Crippen LogP contribution in [0, 0.1) is 11.8 Å². The monoisotopic (exact) mass is 350 g/mol. The Balaban J connectivity index is 1.66. The molecular formula is C17H22N2O4S. The lowest BCUT2D eigenvalue weighted by Gasteiger charge is -2.34. The summed E-state index contributed by atoms with van der Waals surface area (Å²) in [5.74, 6) is 0.650. The Bertz CT molecular complexity index is 749. The SMILES string of the molecule is CC(=O)c1ccc(S(=O)(=O)N2CCN(C(=O)[C@H]3C[C@@H]3C)CC2)cc1. The van der Waals surface area contributed by atoms with Crippen LogP contribution in [0.4, 0.5) is 0 Å². The van der Waals surface area contributed by atoms with Gasteiger partial charge in [0.15, 0.2) is 5.78 Å². The zero-order valence-electron chi connectivity index (χ0n) is 13.9. The molecule has 0 bridgehead atoms. The Labute approximate surface area is 142 Å². The lowest BCUT2D eigenvalue weighted by atomic mass is 10.2. The van der Waals surface area contributed by atoms with Gasteiger partial charge in [0.1, 0.15) is 0 Å². The Morgan fingerprint density at radius 3 is 2.04 bits per heavy atom. The van der Waals surface area contributed by atoms with E-state index in [1.165, 1.54) is 35.5 Å². The number of carbonyl (C=O) groups excluding carboxylic acids is 2. The fourth-order valence-electron chi connectivity index (χ4n) is 3.06. The van der Waals surface area contributed by atoms with E-state index in [1.54, 1.807) is 4.90 Å². The van der Waals surface area contributed by atoms with Gasteiger partial charge >= 0.3 is 0 Å². The second-order valence-corrected chi connectivity index (χ2v) is 8.57. The average Bonchev–Trinajstić information content (AvgIpc) is 3.31. The lowest BCUT2D eigenvalue weighted by molar-refractivity contribution is -0.134. The number of nitrogens with zero attached hydrogens (tertiary/aromatic N) is 2. The van der Waals surface area contributed by atoms with Crippen molar-refractivity contribution in [2.24, 2.45) is 11.8 Å². The van der Waals surface area contributed by atoms with Crippen LogP contribution in [-0.4, -0.2) is 55.5 Å². The molecule has 0 aromatic heterocycles. The zero-order chi connectivity index (χ0) is 17.5. The van der Waals surface area contributed by atoms with Crippen LogP contribution in [-0.2, 0) is 14.8 Å². The van der Waals surface area contributed by atoms with Gasteiger partial charge in [0.25, 0.3) is 0 Å². The van der Waals surface area contributed by atoms with Crippen LogP contribution in [0.3, 0.4) is 0 Å². The van der Waals surface area contributed by atoms with Gasteiger partial charge in [-0.2, -0.15) is 4.31 Å². The first kappa shape index (κ1) is 17.1. The van der Waals surface area contributed by atoms with Crippen molar-refractivity contribution in [2.75, 3.05) is 26.2 Å². The van der Waals surface area contributed by atoms with Gasteiger partial charge in [0.2, 0.25) is 15.9 Å². The maximum atomic E-state index is 12.7. The third-order valence-corrected chi connectivity index (χ3v) is 6.79. The highest BCUT2D eigenvalue weighted by Crippen LogP contribution is 2.39. The van der Waals surface area contributed by atoms with E-state index >= 15 is 0 Å². The van der Waals surface area contributed by atoms with Crippen molar-refractivity contribution in [3.05, 3.63) is 29.8 Å². The highest BCUT2D eigenvalue weighted by molar-refractivity contribution is 7.89. The molecule has 1 saturated carbocycles. The molecular weight excluding hydrogens is 328 g/mol. The van der Waals surface area contributed by atoms with Gasteiger partial charge in [-0.1, -0.05) is 19.1 Å². The number of benzene rings is 1. The molecule has 2 aliphatic rings. The molecule has 24 heavy (non-hydrogen) atoms. The number of piperazine rings is 1. The van der Waals surface area contributed by atoms with Gasteiger partial charge in [-0.3, -0.25) is 9.59 Å². The summed E-state index contributed by atoms with van der Waals surface area (Å²) in [5, 5.41) is 0. The molecule has 2 atom stereocenters. The van der Waals surface area contributed by atoms with Crippen LogP contribution in [0.1, 0.15) is 30.6 Å². The van der Waals surface area contributed by atoms with Gasteiger partial charge in [-0.15, -0.1) is 0 Å². The van der Waals surface area contributed by atoms with Crippen molar-refractivity contribution in [1.29, 1.82) is 0 Å². The quantitative estimate of drug-likeness (QED) is 0.769. The standard InChI is InChI=1S/C17H22N2O4S/c1-12-11-16(12)17(21)18-7-9-19(10-8-18)24(22,23)15-5-3-14(4-6-15)13(2)20/h3-6,12,16H,7-11H2,1-2H3/t12-,16-/m0/s1. The fourth-order valence-corrected chi connectivity index (χ4v) is 4.48. The maximum Gasteiger partial charge on any atom is 0.243 e. The molecule has 6 nitrogen and oxygen atoms in total. The topological polar surface area (TPSA) is 74.8 Å². The molecule has 0 N–H and O–H groups in total. The number of rotatable bonds is 4. The van der Waals surface area contributed by atoms with E-state index in [9.17, 15) is 18.0 Å².